The molecule has 0 N–H and O–H groups in total. The molecule has 6 heteroatoms. The number of hydrogen-bond donors (Lipinski definition) is 0. The van der Waals surface area contributed by atoms with Crippen molar-refractivity contribution in [1.29, 1.82) is 0 Å². The van der Waals surface area contributed by atoms with Gasteiger partial charge >= 0.3 is 0 Å². The summed E-state index contributed by atoms with van der Waals surface area (Å²) in [6, 6.07) is 0.708. The fourth-order valence-electron chi connectivity index (χ4n) is 4.36. The SMILES string of the molecule is CCC(C)N1CCN(CCCOCCOCC(=O)N2CCC(C(C)C)CC2)CC1. The number of carbonyl (C=O) groups is 1. The minimum absolute atomic E-state index is 0.128. The van der Waals surface area contributed by atoms with Gasteiger partial charge in [-0.05, 0) is 44.4 Å². The van der Waals surface area contributed by atoms with Crippen molar-refractivity contribution >= 4 is 5.91 Å². The van der Waals surface area contributed by atoms with E-state index in [-0.39, 0.29) is 12.5 Å². The van der Waals surface area contributed by atoms with Gasteiger partial charge in [0.05, 0.1) is 13.2 Å². The van der Waals surface area contributed by atoms with Crippen molar-refractivity contribution in [3.63, 3.8) is 0 Å². The van der Waals surface area contributed by atoms with Crippen molar-refractivity contribution in [2.75, 3.05) is 72.2 Å². The first-order valence-electron chi connectivity index (χ1n) is 11.9. The van der Waals surface area contributed by atoms with Crippen molar-refractivity contribution in [1.82, 2.24) is 14.7 Å². The Balaban J connectivity index is 1.41. The summed E-state index contributed by atoms with van der Waals surface area (Å²) in [7, 11) is 0. The van der Waals surface area contributed by atoms with Crippen molar-refractivity contribution in [2.24, 2.45) is 11.8 Å². The second-order valence-electron chi connectivity index (χ2n) is 9.12. The standard InChI is InChI=1S/C23H45N3O3/c1-5-21(4)25-14-12-24(13-15-25)9-6-16-28-17-18-29-19-23(27)26-10-7-22(8-11-26)20(2)3/h20-22H,5-19H2,1-4H3. The number of hydrogen-bond acceptors (Lipinski definition) is 5. The van der Waals surface area contributed by atoms with Gasteiger partial charge in [0.15, 0.2) is 0 Å². The average Bonchev–Trinajstić information content (AvgIpc) is 2.75. The summed E-state index contributed by atoms with van der Waals surface area (Å²) in [4.78, 5) is 19.3. The maximum atomic E-state index is 12.2. The van der Waals surface area contributed by atoms with E-state index in [2.05, 4.69) is 37.5 Å². The molecule has 0 radical (unpaired) electrons. The number of likely N-dealkylation sites (tertiary alicyclic amines) is 1. The van der Waals surface area contributed by atoms with Crippen molar-refractivity contribution in [3.05, 3.63) is 0 Å². The fourth-order valence-corrected chi connectivity index (χ4v) is 4.36. The van der Waals surface area contributed by atoms with E-state index in [1.165, 1.54) is 32.6 Å². The highest BCUT2D eigenvalue weighted by molar-refractivity contribution is 5.77. The molecular formula is C23H45N3O3. The Bertz CT molecular complexity index is 445. The van der Waals surface area contributed by atoms with E-state index >= 15 is 0 Å². The molecule has 0 aromatic heterocycles. The van der Waals surface area contributed by atoms with Crippen LogP contribution in [-0.2, 0) is 14.3 Å². The summed E-state index contributed by atoms with van der Waals surface area (Å²) in [5.74, 6) is 1.61. The van der Waals surface area contributed by atoms with Gasteiger partial charge in [0.2, 0.25) is 5.91 Å². The molecule has 0 bridgehead atoms. The highest BCUT2D eigenvalue weighted by Crippen LogP contribution is 2.24. The first-order valence-corrected chi connectivity index (χ1v) is 11.9. The van der Waals surface area contributed by atoms with Crippen molar-refractivity contribution < 1.29 is 14.3 Å². The molecule has 170 valence electrons. The molecule has 29 heavy (non-hydrogen) atoms. The van der Waals surface area contributed by atoms with Crippen LogP contribution in [0.5, 0.6) is 0 Å². The molecule has 1 atom stereocenters. The lowest BCUT2D eigenvalue weighted by molar-refractivity contribution is -0.138. The van der Waals surface area contributed by atoms with Crippen LogP contribution in [-0.4, -0.2) is 98.9 Å². The molecule has 2 aliphatic rings. The van der Waals surface area contributed by atoms with Gasteiger partial charge in [-0.3, -0.25) is 9.69 Å². The molecule has 0 aromatic rings. The lowest BCUT2D eigenvalue weighted by Crippen LogP contribution is -2.49. The Morgan fingerprint density at radius 3 is 2.21 bits per heavy atom. The number of piperidine rings is 1. The molecule has 0 saturated carbocycles. The molecule has 2 rings (SSSR count). The van der Waals surface area contributed by atoms with Gasteiger partial charge in [-0.1, -0.05) is 20.8 Å². The Morgan fingerprint density at radius 1 is 0.931 bits per heavy atom. The Kier molecular flexibility index (Phi) is 11.5. The van der Waals surface area contributed by atoms with Crippen LogP contribution in [0.3, 0.4) is 0 Å². The van der Waals surface area contributed by atoms with E-state index in [4.69, 9.17) is 9.47 Å². The molecule has 1 amide bonds. The van der Waals surface area contributed by atoms with Crippen LogP contribution in [0.15, 0.2) is 0 Å². The summed E-state index contributed by atoms with van der Waals surface area (Å²) in [5, 5.41) is 0. The van der Waals surface area contributed by atoms with E-state index in [1.807, 2.05) is 4.90 Å². The summed E-state index contributed by atoms with van der Waals surface area (Å²) < 4.78 is 11.2. The summed E-state index contributed by atoms with van der Waals surface area (Å²) in [5.41, 5.74) is 0. The molecule has 2 aliphatic heterocycles. The molecule has 2 heterocycles. The first-order chi connectivity index (χ1) is 14.0. The number of carbonyl (C=O) groups excluding carboxylic acids is 1. The quantitative estimate of drug-likeness (QED) is 0.462. The van der Waals surface area contributed by atoms with E-state index < -0.39 is 0 Å². The maximum Gasteiger partial charge on any atom is 0.248 e. The Morgan fingerprint density at radius 2 is 1.59 bits per heavy atom. The molecule has 6 nitrogen and oxygen atoms in total. The van der Waals surface area contributed by atoms with Gasteiger partial charge in [-0.25, -0.2) is 0 Å². The summed E-state index contributed by atoms with van der Waals surface area (Å²) >= 11 is 0. The van der Waals surface area contributed by atoms with Gasteiger partial charge < -0.3 is 19.3 Å². The zero-order valence-electron chi connectivity index (χ0n) is 19.4. The normalized spacial score (nSPS) is 21.1. The molecule has 0 aliphatic carbocycles. The van der Waals surface area contributed by atoms with Gasteiger partial charge in [-0.2, -0.15) is 0 Å². The molecular weight excluding hydrogens is 366 g/mol. The van der Waals surface area contributed by atoms with Crippen molar-refractivity contribution in [3.8, 4) is 0 Å². The molecule has 0 aromatic carbocycles. The second-order valence-corrected chi connectivity index (χ2v) is 9.12. The highest BCUT2D eigenvalue weighted by Gasteiger charge is 2.24. The number of piperazine rings is 1. The van der Waals surface area contributed by atoms with E-state index in [1.54, 1.807) is 0 Å². The Labute approximate surface area is 178 Å². The number of nitrogens with zero attached hydrogens (tertiary/aromatic N) is 3. The van der Waals surface area contributed by atoms with E-state index in [9.17, 15) is 4.79 Å². The topological polar surface area (TPSA) is 45.3 Å². The molecule has 2 saturated heterocycles. The average molecular weight is 412 g/mol. The van der Waals surface area contributed by atoms with Crippen LogP contribution in [0, 0.1) is 11.8 Å². The van der Waals surface area contributed by atoms with Gasteiger partial charge in [-0.15, -0.1) is 0 Å². The number of amides is 1. The van der Waals surface area contributed by atoms with Gasteiger partial charge in [0.25, 0.3) is 0 Å². The minimum atomic E-state index is 0.128. The maximum absolute atomic E-state index is 12.2. The predicted octanol–water partition coefficient (Wildman–Crippen LogP) is 2.72. The van der Waals surface area contributed by atoms with Gasteiger partial charge in [0.1, 0.15) is 6.61 Å². The molecule has 1 unspecified atom stereocenters. The third kappa shape index (κ3) is 8.91. The third-order valence-corrected chi connectivity index (χ3v) is 6.82. The molecule has 2 fully saturated rings. The summed E-state index contributed by atoms with van der Waals surface area (Å²) in [6.07, 6.45) is 4.55. The van der Waals surface area contributed by atoms with Crippen molar-refractivity contribution in [2.45, 2.75) is 59.4 Å². The highest BCUT2D eigenvalue weighted by atomic mass is 16.5. The van der Waals surface area contributed by atoms with Crippen LogP contribution in [0.4, 0.5) is 0 Å². The smallest absolute Gasteiger partial charge is 0.248 e. The van der Waals surface area contributed by atoms with Crippen LogP contribution < -0.4 is 0 Å². The van der Waals surface area contributed by atoms with Crippen LogP contribution in [0.1, 0.15) is 53.4 Å². The van der Waals surface area contributed by atoms with E-state index in [0.29, 0.717) is 19.3 Å². The lowest BCUT2D eigenvalue weighted by atomic mass is 9.87. The van der Waals surface area contributed by atoms with Crippen LogP contribution in [0.2, 0.25) is 0 Å². The molecule has 0 spiro atoms. The van der Waals surface area contributed by atoms with Crippen LogP contribution >= 0.6 is 0 Å². The number of rotatable bonds is 12. The first kappa shape index (κ1) is 24.6. The summed E-state index contributed by atoms with van der Waals surface area (Å²) in [6.45, 7) is 18.8. The second kappa shape index (κ2) is 13.6. The third-order valence-electron chi connectivity index (χ3n) is 6.82. The zero-order chi connectivity index (χ0) is 21.1. The largest absolute Gasteiger partial charge is 0.379 e. The fraction of sp³-hybridized carbons (Fsp3) is 0.957. The van der Waals surface area contributed by atoms with Gasteiger partial charge in [0, 0.05) is 58.5 Å². The minimum Gasteiger partial charge on any atom is -0.379 e. The monoisotopic (exact) mass is 411 g/mol. The predicted molar refractivity (Wildman–Crippen MR) is 118 cm³/mol. The zero-order valence-corrected chi connectivity index (χ0v) is 19.4. The number of ether oxygens (including phenoxy) is 2. The van der Waals surface area contributed by atoms with Crippen LogP contribution in [0.25, 0.3) is 0 Å². The Hall–Kier alpha value is -0.690. The lowest BCUT2D eigenvalue weighted by Gasteiger charge is -2.37. The van der Waals surface area contributed by atoms with E-state index in [0.717, 1.165) is 57.3 Å².